The molecule has 0 aromatic heterocycles. The first-order valence-corrected chi connectivity index (χ1v) is 18.5. The highest BCUT2D eigenvalue weighted by atomic mass is 16.5. The third kappa shape index (κ3) is 34.7. The Kier molecular flexibility index (Phi) is 33.6. The summed E-state index contributed by atoms with van der Waals surface area (Å²) in [5.41, 5.74) is 0. The largest absolute Gasteiger partial charge is 0.462 e. The number of hydrogen-bond acceptors (Lipinski definition) is 3. The summed E-state index contributed by atoms with van der Waals surface area (Å²) in [6, 6.07) is 0. The zero-order valence-corrected chi connectivity index (χ0v) is 29.3. The number of allylic oxidation sites excluding steroid dienone is 8. The molecule has 0 fully saturated rings. The van der Waals surface area contributed by atoms with Crippen LogP contribution in [0.3, 0.4) is 0 Å². The second kappa shape index (κ2) is 34.9. The van der Waals surface area contributed by atoms with Crippen LogP contribution in [0, 0.1) is 0 Å². The van der Waals surface area contributed by atoms with E-state index < -0.39 is 0 Å². The minimum Gasteiger partial charge on any atom is -0.462 e. The number of unbranched alkanes of at least 4 members (excludes halogenated alkanes) is 15. The fourth-order valence-electron chi connectivity index (χ4n) is 5.23. The lowest BCUT2D eigenvalue weighted by Crippen LogP contribution is -2.20. The first-order chi connectivity index (χ1) is 21.1. The topological polar surface area (TPSA) is 29.5 Å². The summed E-state index contributed by atoms with van der Waals surface area (Å²) in [4.78, 5) is 14.6. The van der Waals surface area contributed by atoms with Gasteiger partial charge in [0.1, 0.15) is 6.10 Å². The van der Waals surface area contributed by atoms with Crippen molar-refractivity contribution in [2.24, 2.45) is 0 Å². The predicted octanol–water partition coefficient (Wildman–Crippen LogP) is 12.5. The van der Waals surface area contributed by atoms with Crippen molar-refractivity contribution < 1.29 is 9.53 Å². The van der Waals surface area contributed by atoms with Gasteiger partial charge in [0.15, 0.2) is 0 Å². The molecule has 250 valence electrons. The van der Waals surface area contributed by atoms with Crippen LogP contribution in [0.2, 0.25) is 0 Å². The Morgan fingerprint density at radius 2 is 0.977 bits per heavy atom. The van der Waals surface area contributed by atoms with Crippen LogP contribution in [0.5, 0.6) is 0 Å². The Bertz CT molecular complexity index is 691. The van der Waals surface area contributed by atoms with E-state index in [2.05, 4.69) is 81.5 Å². The predicted molar refractivity (Wildman–Crippen MR) is 192 cm³/mol. The molecular formula is C40H73NO2. The average molecular weight is 600 g/mol. The summed E-state index contributed by atoms with van der Waals surface area (Å²) in [6.07, 6.45) is 48.4. The van der Waals surface area contributed by atoms with Crippen LogP contribution in [-0.2, 0) is 9.53 Å². The summed E-state index contributed by atoms with van der Waals surface area (Å²) in [7, 11) is 4.12. The monoisotopic (exact) mass is 600 g/mol. The highest BCUT2D eigenvalue weighted by molar-refractivity contribution is 5.69. The maximum atomic E-state index is 12.5. The zero-order valence-electron chi connectivity index (χ0n) is 29.3. The van der Waals surface area contributed by atoms with Crippen LogP contribution >= 0.6 is 0 Å². The Balaban J connectivity index is 4.03. The van der Waals surface area contributed by atoms with Crippen molar-refractivity contribution in [1.29, 1.82) is 0 Å². The van der Waals surface area contributed by atoms with Gasteiger partial charge in [0.2, 0.25) is 0 Å². The molecule has 0 heterocycles. The standard InChI is InChI=1S/C40H73NO2/c1-5-7-9-11-13-15-17-19-21-23-25-27-29-31-33-36-39(43-40(42)37-34-38-41(3)4)35-32-30-28-26-24-22-20-18-16-14-12-10-8-6-2/h10-13,16-19,39H,5-9,14-15,20-38H2,1-4H3/b12-10-,13-11-,18-16-,19-17-. The quantitative estimate of drug-likeness (QED) is 0.0437. The fourth-order valence-corrected chi connectivity index (χ4v) is 5.23. The molecule has 1 atom stereocenters. The first-order valence-electron chi connectivity index (χ1n) is 18.5. The van der Waals surface area contributed by atoms with E-state index in [4.69, 9.17) is 4.74 Å². The number of carbonyl (C=O) groups is 1. The van der Waals surface area contributed by atoms with Crippen molar-refractivity contribution in [3.05, 3.63) is 48.6 Å². The highest BCUT2D eigenvalue weighted by Gasteiger charge is 2.14. The Labute approximate surface area is 269 Å². The van der Waals surface area contributed by atoms with Crippen LogP contribution in [0.1, 0.15) is 174 Å². The van der Waals surface area contributed by atoms with Gasteiger partial charge >= 0.3 is 5.97 Å². The molecule has 0 aromatic carbocycles. The number of hydrogen-bond donors (Lipinski definition) is 0. The van der Waals surface area contributed by atoms with Crippen LogP contribution in [0.4, 0.5) is 0 Å². The second-order valence-electron chi connectivity index (χ2n) is 12.7. The Morgan fingerprint density at radius 1 is 0.535 bits per heavy atom. The van der Waals surface area contributed by atoms with E-state index in [-0.39, 0.29) is 12.1 Å². The van der Waals surface area contributed by atoms with Gasteiger partial charge < -0.3 is 9.64 Å². The molecule has 0 radical (unpaired) electrons. The second-order valence-corrected chi connectivity index (χ2v) is 12.7. The van der Waals surface area contributed by atoms with Crippen LogP contribution in [-0.4, -0.2) is 37.6 Å². The molecule has 0 N–H and O–H groups in total. The molecule has 0 aliphatic heterocycles. The van der Waals surface area contributed by atoms with E-state index in [1.54, 1.807) is 0 Å². The molecule has 3 heteroatoms. The minimum absolute atomic E-state index is 0.00487. The van der Waals surface area contributed by atoms with Gasteiger partial charge in [0.25, 0.3) is 0 Å². The molecular weight excluding hydrogens is 526 g/mol. The summed E-state index contributed by atoms with van der Waals surface area (Å²) < 4.78 is 5.98. The normalized spacial score (nSPS) is 13.0. The van der Waals surface area contributed by atoms with Crippen molar-refractivity contribution in [2.75, 3.05) is 20.6 Å². The SMILES string of the molecule is CCC/C=C\C/C=C\CCCCCCCCC(CCCCCCCC/C=C\C/C=C\CCCC)OC(=O)CCCN(C)C. The zero-order chi connectivity index (χ0) is 31.5. The molecule has 43 heavy (non-hydrogen) atoms. The third-order valence-electron chi connectivity index (χ3n) is 7.97. The molecule has 1 unspecified atom stereocenters. The van der Waals surface area contributed by atoms with Gasteiger partial charge in [-0.2, -0.15) is 0 Å². The van der Waals surface area contributed by atoms with E-state index in [1.807, 2.05) is 0 Å². The highest BCUT2D eigenvalue weighted by Crippen LogP contribution is 2.18. The van der Waals surface area contributed by atoms with Crippen LogP contribution in [0.25, 0.3) is 0 Å². The molecule has 0 aliphatic carbocycles. The molecule has 0 spiro atoms. The van der Waals surface area contributed by atoms with E-state index in [9.17, 15) is 4.79 Å². The minimum atomic E-state index is 0.00487. The molecule has 0 saturated heterocycles. The summed E-state index contributed by atoms with van der Waals surface area (Å²) >= 11 is 0. The molecule has 0 amide bonds. The Hall–Kier alpha value is -1.61. The molecule has 0 aromatic rings. The average Bonchev–Trinajstić information content (AvgIpc) is 2.98. The number of nitrogens with zero attached hydrogens (tertiary/aromatic N) is 1. The lowest BCUT2D eigenvalue weighted by molar-refractivity contribution is -0.150. The van der Waals surface area contributed by atoms with Gasteiger partial charge in [-0.15, -0.1) is 0 Å². The van der Waals surface area contributed by atoms with E-state index >= 15 is 0 Å². The first kappa shape index (κ1) is 41.4. The van der Waals surface area contributed by atoms with Gasteiger partial charge in [-0.1, -0.05) is 133 Å². The molecule has 0 rings (SSSR count). The van der Waals surface area contributed by atoms with E-state index in [0.717, 1.165) is 38.6 Å². The summed E-state index contributed by atoms with van der Waals surface area (Å²) in [5, 5.41) is 0. The molecule has 0 bridgehead atoms. The van der Waals surface area contributed by atoms with Crippen LogP contribution < -0.4 is 0 Å². The molecule has 0 aliphatic rings. The van der Waals surface area contributed by atoms with Gasteiger partial charge in [-0.25, -0.2) is 0 Å². The van der Waals surface area contributed by atoms with Gasteiger partial charge in [-0.05, 0) is 104 Å². The smallest absolute Gasteiger partial charge is 0.306 e. The third-order valence-corrected chi connectivity index (χ3v) is 7.97. The number of carbonyl (C=O) groups excluding carboxylic acids is 1. The van der Waals surface area contributed by atoms with Crippen molar-refractivity contribution in [2.45, 2.75) is 180 Å². The van der Waals surface area contributed by atoms with E-state index in [1.165, 1.54) is 122 Å². The van der Waals surface area contributed by atoms with E-state index in [0.29, 0.717) is 6.42 Å². The van der Waals surface area contributed by atoms with Crippen LogP contribution in [0.15, 0.2) is 48.6 Å². The fraction of sp³-hybridized carbons (Fsp3) is 0.775. The number of ether oxygens (including phenoxy) is 1. The van der Waals surface area contributed by atoms with Crippen molar-refractivity contribution in [3.8, 4) is 0 Å². The van der Waals surface area contributed by atoms with Gasteiger partial charge in [0.05, 0.1) is 0 Å². The lowest BCUT2D eigenvalue weighted by Gasteiger charge is -2.18. The molecule has 0 saturated carbocycles. The van der Waals surface area contributed by atoms with Crippen molar-refractivity contribution in [3.63, 3.8) is 0 Å². The van der Waals surface area contributed by atoms with Crippen molar-refractivity contribution >= 4 is 5.97 Å². The van der Waals surface area contributed by atoms with Gasteiger partial charge in [0, 0.05) is 6.42 Å². The number of esters is 1. The molecule has 3 nitrogen and oxygen atoms in total. The lowest BCUT2D eigenvalue weighted by atomic mass is 10.0. The van der Waals surface area contributed by atoms with Crippen molar-refractivity contribution in [1.82, 2.24) is 4.90 Å². The summed E-state index contributed by atoms with van der Waals surface area (Å²) in [6.45, 7) is 5.41. The Morgan fingerprint density at radius 3 is 1.44 bits per heavy atom. The maximum absolute atomic E-state index is 12.5. The maximum Gasteiger partial charge on any atom is 0.306 e. The summed E-state index contributed by atoms with van der Waals surface area (Å²) in [5.74, 6) is 0.00487. The number of rotatable bonds is 32. The van der Waals surface area contributed by atoms with Gasteiger partial charge in [-0.3, -0.25) is 4.79 Å².